The lowest BCUT2D eigenvalue weighted by Crippen LogP contribution is -2.02. The van der Waals surface area contributed by atoms with E-state index in [4.69, 9.17) is 15.9 Å². The molecule has 0 aliphatic carbocycles. The molecule has 0 saturated heterocycles. The van der Waals surface area contributed by atoms with Crippen molar-refractivity contribution in [2.45, 2.75) is 13.8 Å². The number of fused-ring (bicyclic) bond motifs is 1. The molecule has 0 aliphatic rings. The van der Waals surface area contributed by atoms with E-state index in [1.165, 1.54) is 0 Å². The zero-order chi connectivity index (χ0) is 23.2. The number of hydrogen-bond acceptors (Lipinski definition) is 3. The number of aryl methyl sites for hydroxylation is 2. The fourth-order valence-electron chi connectivity index (χ4n) is 4.70. The van der Waals surface area contributed by atoms with Crippen LogP contribution in [-0.2, 0) is 0 Å². The molecule has 0 radical (unpaired) electrons. The zero-order valence-electron chi connectivity index (χ0n) is 19.0. The first-order valence-corrected chi connectivity index (χ1v) is 11.3. The number of H-pyrrole nitrogens is 1. The number of anilines is 1. The fourth-order valence-corrected chi connectivity index (χ4v) is 4.70. The van der Waals surface area contributed by atoms with Crippen molar-refractivity contribution in [3.8, 4) is 33.8 Å². The summed E-state index contributed by atoms with van der Waals surface area (Å²) in [7, 11) is 0. The Morgan fingerprint density at radius 3 is 1.79 bits per heavy atom. The number of nitrogens with one attached hydrogen (secondary N) is 1. The quantitative estimate of drug-likeness (QED) is 0.346. The molecule has 0 atom stereocenters. The largest absolute Gasteiger partial charge is 0.383 e. The predicted octanol–water partition coefficient (Wildman–Crippen LogP) is 6.07. The summed E-state index contributed by atoms with van der Waals surface area (Å²) in [6.07, 6.45) is 0. The average Bonchev–Trinajstić information content (AvgIpc) is 3.51. The molecule has 0 saturated carbocycles. The minimum Gasteiger partial charge on any atom is -0.383 e. The van der Waals surface area contributed by atoms with E-state index in [1.807, 2.05) is 89.9 Å². The van der Waals surface area contributed by atoms with Crippen LogP contribution >= 0.6 is 0 Å². The molecule has 0 spiro atoms. The molecular formula is C28H24N6. The Kier molecular flexibility index (Phi) is 4.59. The summed E-state index contributed by atoms with van der Waals surface area (Å²) < 4.78 is 3.78. The van der Waals surface area contributed by atoms with Crippen molar-refractivity contribution in [2.75, 3.05) is 5.73 Å². The van der Waals surface area contributed by atoms with Crippen LogP contribution in [0.4, 0.5) is 5.82 Å². The van der Waals surface area contributed by atoms with E-state index in [0.29, 0.717) is 5.82 Å². The van der Waals surface area contributed by atoms with Gasteiger partial charge >= 0.3 is 0 Å². The standard InChI is InChI=1S/C28H24N6/c1-18-23(27(29)33(31-18)21-14-8-4-9-15-21)25-24-19(2)32-34(22-16-10-5-11-17-22)28(24)30-26(25)20-12-6-3-7-13-20/h3-17,30H,29H2,1-2H3. The predicted molar refractivity (Wildman–Crippen MR) is 137 cm³/mol. The highest BCUT2D eigenvalue weighted by molar-refractivity contribution is 6.07. The van der Waals surface area contributed by atoms with Gasteiger partial charge in [0.1, 0.15) is 11.5 Å². The molecule has 6 heteroatoms. The number of rotatable bonds is 4. The number of benzene rings is 3. The minimum atomic E-state index is 0.605. The van der Waals surface area contributed by atoms with E-state index in [2.05, 4.69) is 29.2 Å². The van der Waals surface area contributed by atoms with Crippen molar-refractivity contribution < 1.29 is 0 Å². The maximum atomic E-state index is 6.79. The lowest BCUT2D eigenvalue weighted by atomic mass is 9.98. The zero-order valence-corrected chi connectivity index (χ0v) is 19.0. The molecule has 6 aromatic rings. The van der Waals surface area contributed by atoms with Crippen LogP contribution in [0.15, 0.2) is 91.0 Å². The summed E-state index contributed by atoms with van der Waals surface area (Å²) in [5.41, 5.74) is 15.5. The lowest BCUT2D eigenvalue weighted by Gasteiger charge is -2.08. The molecule has 0 fully saturated rings. The van der Waals surface area contributed by atoms with Crippen molar-refractivity contribution in [2.24, 2.45) is 0 Å². The van der Waals surface area contributed by atoms with Crippen molar-refractivity contribution >= 4 is 16.9 Å². The van der Waals surface area contributed by atoms with E-state index in [0.717, 1.165) is 56.2 Å². The molecular weight excluding hydrogens is 420 g/mol. The fraction of sp³-hybridized carbons (Fsp3) is 0.0714. The summed E-state index contributed by atoms with van der Waals surface area (Å²) in [5.74, 6) is 0.605. The second-order valence-corrected chi connectivity index (χ2v) is 8.39. The number of hydrogen-bond donors (Lipinski definition) is 2. The van der Waals surface area contributed by atoms with Gasteiger partial charge in [0.05, 0.1) is 33.8 Å². The maximum absolute atomic E-state index is 6.79. The minimum absolute atomic E-state index is 0.605. The van der Waals surface area contributed by atoms with Gasteiger partial charge in [0.15, 0.2) is 0 Å². The molecule has 0 aliphatic heterocycles. The van der Waals surface area contributed by atoms with Crippen molar-refractivity contribution in [3.05, 3.63) is 102 Å². The van der Waals surface area contributed by atoms with E-state index in [-0.39, 0.29) is 0 Å². The van der Waals surface area contributed by atoms with Gasteiger partial charge in [-0.25, -0.2) is 9.36 Å². The third-order valence-corrected chi connectivity index (χ3v) is 6.21. The first-order chi connectivity index (χ1) is 16.6. The van der Waals surface area contributed by atoms with Crippen LogP contribution < -0.4 is 5.73 Å². The number of nitrogens with two attached hydrogens (primary N) is 1. The van der Waals surface area contributed by atoms with Crippen LogP contribution in [0.5, 0.6) is 0 Å². The summed E-state index contributed by atoms with van der Waals surface area (Å²) in [6.45, 7) is 4.05. The van der Waals surface area contributed by atoms with E-state index >= 15 is 0 Å². The monoisotopic (exact) mass is 444 g/mol. The Balaban J connectivity index is 1.68. The summed E-state index contributed by atoms with van der Waals surface area (Å²) >= 11 is 0. The first-order valence-electron chi connectivity index (χ1n) is 11.3. The van der Waals surface area contributed by atoms with Crippen molar-refractivity contribution in [3.63, 3.8) is 0 Å². The summed E-state index contributed by atoms with van der Waals surface area (Å²) in [4.78, 5) is 3.68. The average molecular weight is 445 g/mol. The van der Waals surface area contributed by atoms with Gasteiger partial charge in [0.2, 0.25) is 0 Å². The number of aromatic nitrogens is 5. The third-order valence-electron chi connectivity index (χ3n) is 6.21. The SMILES string of the molecule is Cc1nn(-c2ccccc2)c(N)c1-c1c(-c2ccccc2)[nH]c2c1c(C)nn2-c1ccccc1. The van der Waals surface area contributed by atoms with Gasteiger partial charge in [-0.2, -0.15) is 10.2 Å². The summed E-state index contributed by atoms with van der Waals surface area (Å²) in [5, 5.41) is 10.8. The van der Waals surface area contributed by atoms with Crippen LogP contribution in [0.3, 0.4) is 0 Å². The van der Waals surface area contributed by atoms with Gasteiger partial charge in [0, 0.05) is 11.1 Å². The lowest BCUT2D eigenvalue weighted by molar-refractivity contribution is 0.872. The van der Waals surface area contributed by atoms with Gasteiger partial charge in [-0.05, 0) is 43.7 Å². The van der Waals surface area contributed by atoms with Crippen molar-refractivity contribution in [1.82, 2.24) is 24.5 Å². The van der Waals surface area contributed by atoms with Gasteiger partial charge in [-0.1, -0.05) is 66.7 Å². The van der Waals surface area contributed by atoms with Crippen LogP contribution in [0.25, 0.3) is 44.8 Å². The number of nitrogen functional groups attached to an aromatic ring is 1. The van der Waals surface area contributed by atoms with Crippen LogP contribution in [0, 0.1) is 13.8 Å². The highest BCUT2D eigenvalue weighted by atomic mass is 15.3. The van der Waals surface area contributed by atoms with E-state index < -0.39 is 0 Å². The number of nitrogens with zero attached hydrogens (tertiary/aromatic N) is 4. The summed E-state index contributed by atoms with van der Waals surface area (Å²) in [6, 6.07) is 30.5. The Morgan fingerprint density at radius 2 is 1.18 bits per heavy atom. The molecule has 0 bridgehead atoms. The van der Waals surface area contributed by atoms with E-state index in [9.17, 15) is 0 Å². The number of para-hydroxylation sites is 2. The van der Waals surface area contributed by atoms with Gasteiger partial charge in [0.25, 0.3) is 0 Å². The van der Waals surface area contributed by atoms with Gasteiger partial charge < -0.3 is 10.7 Å². The molecule has 3 aromatic heterocycles. The molecule has 166 valence electrons. The Morgan fingerprint density at radius 1 is 0.647 bits per heavy atom. The van der Waals surface area contributed by atoms with Gasteiger partial charge in [-0.15, -0.1) is 0 Å². The molecule has 6 nitrogen and oxygen atoms in total. The molecule has 3 N–H and O–H groups in total. The highest BCUT2D eigenvalue weighted by Gasteiger charge is 2.27. The van der Waals surface area contributed by atoms with Gasteiger partial charge in [-0.3, -0.25) is 0 Å². The Hall–Kier alpha value is -4.58. The van der Waals surface area contributed by atoms with E-state index in [1.54, 1.807) is 0 Å². The third kappa shape index (κ3) is 3.03. The van der Waals surface area contributed by atoms with Crippen LogP contribution in [-0.4, -0.2) is 24.5 Å². The smallest absolute Gasteiger partial charge is 0.142 e. The number of aromatic amines is 1. The molecule has 0 amide bonds. The molecule has 3 heterocycles. The first kappa shape index (κ1) is 20.1. The molecule has 34 heavy (non-hydrogen) atoms. The topological polar surface area (TPSA) is 77.5 Å². The van der Waals surface area contributed by atoms with Crippen LogP contribution in [0.1, 0.15) is 11.4 Å². The van der Waals surface area contributed by atoms with Crippen LogP contribution in [0.2, 0.25) is 0 Å². The normalized spacial score (nSPS) is 11.4. The maximum Gasteiger partial charge on any atom is 0.142 e. The molecule has 6 rings (SSSR count). The molecule has 3 aromatic carbocycles. The Labute approximate surface area is 197 Å². The Bertz CT molecular complexity index is 1610. The molecule has 0 unspecified atom stereocenters. The second kappa shape index (κ2) is 7.78. The highest BCUT2D eigenvalue weighted by Crippen LogP contribution is 2.44. The second-order valence-electron chi connectivity index (χ2n) is 8.39. The van der Waals surface area contributed by atoms with Crippen molar-refractivity contribution in [1.29, 1.82) is 0 Å².